The number of nitrogens with one attached hydrogen (secondary N) is 2. The Kier molecular flexibility index (Phi) is 6.16. The molecular formula is C24H21Cl2N3O3S. The Bertz CT molecular complexity index is 1200. The van der Waals surface area contributed by atoms with Crippen molar-refractivity contribution in [2.75, 3.05) is 11.9 Å². The number of halogens is 2. The normalized spacial score (nSPS) is 24.8. The maximum absolute atomic E-state index is 14.2. The molecule has 2 aromatic carbocycles. The van der Waals surface area contributed by atoms with Gasteiger partial charge in [-0.05, 0) is 48.2 Å². The van der Waals surface area contributed by atoms with E-state index in [1.165, 1.54) is 11.3 Å². The van der Waals surface area contributed by atoms with Crippen molar-refractivity contribution >= 4 is 52.0 Å². The topological polar surface area (TPSA) is 70.7 Å². The number of anilines is 1. The summed E-state index contributed by atoms with van der Waals surface area (Å²) >= 11 is 14.3. The van der Waals surface area contributed by atoms with Gasteiger partial charge in [0.15, 0.2) is 0 Å². The first-order valence-electron chi connectivity index (χ1n) is 10.5. The molecule has 2 aliphatic heterocycles. The van der Waals surface area contributed by atoms with Crippen LogP contribution in [-0.2, 0) is 14.4 Å². The molecule has 3 aromatic rings. The van der Waals surface area contributed by atoms with Crippen LogP contribution in [0, 0.1) is 5.92 Å². The third-order valence-corrected chi connectivity index (χ3v) is 7.58. The highest BCUT2D eigenvalue weighted by molar-refractivity contribution is 7.10. The first-order valence-corrected chi connectivity index (χ1v) is 12.2. The van der Waals surface area contributed by atoms with E-state index in [-0.39, 0.29) is 18.4 Å². The molecule has 170 valence electrons. The van der Waals surface area contributed by atoms with Gasteiger partial charge in [-0.25, -0.2) is 0 Å². The number of hydroxylamine groups is 1. The summed E-state index contributed by atoms with van der Waals surface area (Å²) in [5.74, 6) is -1.04. The van der Waals surface area contributed by atoms with E-state index < -0.39 is 24.1 Å². The maximum Gasteiger partial charge on any atom is 0.244 e. The Morgan fingerprint density at radius 3 is 2.70 bits per heavy atom. The van der Waals surface area contributed by atoms with E-state index in [2.05, 4.69) is 10.8 Å². The number of hydrogen-bond donors (Lipinski definition) is 2. The summed E-state index contributed by atoms with van der Waals surface area (Å²) in [6.45, 7) is 1.75. The molecule has 0 radical (unpaired) electrons. The zero-order valence-corrected chi connectivity index (χ0v) is 20.0. The van der Waals surface area contributed by atoms with Crippen molar-refractivity contribution in [3.63, 3.8) is 0 Å². The lowest BCUT2D eigenvalue weighted by molar-refractivity contribution is -0.141. The fourth-order valence-electron chi connectivity index (χ4n) is 4.55. The minimum atomic E-state index is -0.583. The highest BCUT2D eigenvalue weighted by Crippen LogP contribution is 2.42. The lowest BCUT2D eigenvalue weighted by atomic mass is 9.88. The zero-order valence-electron chi connectivity index (χ0n) is 17.6. The van der Waals surface area contributed by atoms with Crippen LogP contribution in [0.5, 0.6) is 0 Å². The smallest absolute Gasteiger partial charge is 0.244 e. The standard InChI is InChI=1S/C24H21Cl2N3O3S/c1-13-21(22(28-32-13)15-5-2-3-6-17(15)26)24(31)29-12-20(30)27-18-9-8-14(25)11-16(18)23(29)19-7-4-10-33-19/h2-11,13,21-23,28H,12H2,1H3,(H,27,30). The third kappa shape index (κ3) is 4.16. The quantitative estimate of drug-likeness (QED) is 0.516. The summed E-state index contributed by atoms with van der Waals surface area (Å²) in [6.07, 6.45) is -0.423. The van der Waals surface area contributed by atoms with Gasteiger partial charge in [-0.3, -0.25) is 14.4 Å². The minimum Gasteiger partial charge on any atom is -0.324 e. The Labute approximate surface area is 205 Å². The van der Waals surface area contributed by atoms with Crippen LogP contribution in [0.2, 0.25) is 10.0 Å². The SMILES string of the molecule is CC1ONC(c2ccccc2Cl)C1C(=O)N1CC(=O)Nc2ccc(Cl)cc2C1c1cccs1. The van der Waals surface area contributed by atoms with Crippen LogP contribution in [0.4, 0.5) is 5.69 Å². The Balaban J connectivity index is 1.60. The van der Waals surface area contributed by atoms with Crippen molar-refractivity contribution in [2.24, 2.45) is 5.92 Å². The molecule has 1 aromatic heterocycles. The number of amides is 2. The summed E-state index contributed by atoms with van der Waals surface area (Å²) in [5.41, 5.74) is 5.19. The second kappa shape index (κ2) is 9.08. The van der Waals surface area contributed by atoms with Crippen molar-refractivity contribution in [3.8, 4) is 0 Å². The number of rotatable bonds is 3. The number of fused-ring (bicyclic) bond motifs is 1. The monoisotopic (exact) mass is 501 g/mol. The molecule has 0 spiro atoms. The van der Waals surface area contributed by atoms with Gasteiger partial charge in [0.2, 0.25) is 11.8 Å². The molecular weight excluding hydrogens is 481 g/mol. The van der Waals surface area contributed by atoms with Crippen molar-refractivity contribution < 1.29 is 14.4 Å². The molecule has 33 heavy (non-hydrogen) atoms. The molecule has 0 bridgehead atoms. The van der Waals surface area contributed by atoms with Gasteiger partial charge in [-0.2, -0.15) is 5.48 Å². The second-order valence-electron chi connectivity index (χ2n) is 8.13. The van der Waals surface area contributed by atoms with Crippen molar-refractivity contribution in [2.45, 2.75) is 25.1 Å². The number of hydrogen-bond acceptors (Lipinski definition) is 5. The van der Waals surface area contributed by atoms with E-state index in [1.807, 2.05) is 48.7 Å². The van der Waals surface area contributed by atoms with Crippen LogP contribution in [0.25, 0.3) is 0 Å². The van der Waals surface area contributed by atoms with Crippen LogP contribution in [0.1, 0.15) is 35.0 Å². The van der Waals surface area contributed by atoms with E-state index in [9.17, 15) is 9.59 Å². The fraction of sp³-hybridized carbons (Fsp3) is 0.250. The van der Waals surface area contributed by atoms with Crippen LogP contribution in [-0.4, -0.2) is 29.4 Å². The number of carbonyl (C=O) groups is 2. The van der Waals surface area contributed by atoms with Crippen LogP contribution < -0.4 is 10.8 Å². The van der Waals surface area contributed by atoms with Gasteiger partial charge in [-0.1, -0.05) is 47.5 Å². The van der Waals surface area contributed by atoms with Gasteiger partial charge in [-0.15, -0.1) is 11.3 Å². The molecule has 0 saturated carbocycles. The molecule has 1 fully saturated rings. The largest absolute Gasteiger partial charge is 0.324 e. The molecule has 6 nitrogen and oxygen atoms in total. The van der Waals surface area contributed by atoms with Crippen LogP contribution in [0.3, 0.4) is 0 Å². The van der Waals surface area contributed by atoms with Gasteiger partial charge in [0.25, 0.3) is 0 Å². The zero-order chi connectivity index (χ0) is 23.1. The van der Waals surface area contributed by atoms with E-state index in [4.69, 9.17) is 28.0 Å². The molecule has 1 saturated heterocycles. The van der Waals surface area contributed by atoms with E-state index >= 15 is 0 Å². The third-order valence-electron chi connectivity index (χ3n) is 6.07. The number of benzene rings is 2. The van der Waals surface area contributed by atoms with E-state index in [0.29, 0.717) is 15.7 Å². The number of nitrogens with zero attached hydrogens (tertiary/aromatic N) is 1. The van der Waals surface area contributed by atoms with Crippen LogP contribution in [0.15, 0.2) is 60.0 Å². The molecule has 3 heterocycles. The Morgan fingerprint density at radius 1 is 1.12 bits per heavy atom. The fourth-order valence-corrected chi connectivity index (χ4v) is 5.84. The summed E-state index contributed by atoms with van der Waals surface area (Å²) in [6, 6.07) is 15.7. The highest BCUT2D eigenvalue weighted by Gasteiger charge is 2.46. The first kappa shape index (κ1) is 22.4. The van der Waals surface area contributed by atoms with Crippen molar-refractivity contribution in [1.29, 1.82) is 0 Å². The lowest BCUT2D eigenvalue weighted by Gasteiger charge is -2.33. The lowest BCUT2D eigenvalue weighted by Crippen LogP contribution is -2.45. The molecule has 5 rings (SSSR count). The summed E-state index contributed by atoms with van der Waals surface area (Å²) in [4.78, 5) is 35.3. The molecule has 4 atom stereocenters. The summed E-state index contributed by atoms with van der Waals surface area (Å²) in [5, 5.41) is 5.96. The molecule has 2 aliphatic rings. The Morgan fingerprint density at radius 2 is 1.94 bits per heavy atom. The predicted octanol–water partition coefficient (Wildman–Crippen LogP) is 5.21. The van der Waals surface area contributed by atoms with Gasteiger partial charge in [0.1, 0.15) is 6.54 Å². The molecule has 2 amide bonds. The van der Waals surface area contributed by atoms with Gasteiger partial charge < -0.3 is 10.2 Å². The van der Waals surface area contributed by atoms with Crippen molar-refractivity contribution in [3.05, 3.63) is 86.0 Å². The maximum atomic E-state index is 14.2. The summed E-state index contributed by atoms with van der Waals surface area (Å²) in [7, 11) is 0. The minimum absolute atomic E-state index is 0.0911. The Hall–Kier alpha value is -2.42. The molecule has 4 unspecified atom stereocenters. The van der Waals surface area contributed by atoms with Gasteiger partial charge in [0.05, 0.1) is 24.1 Å². The molecule has 9 heteroatoms. The first-order chi connectivity index (χ1) is 15.9. The van der Waals surface area contributed by atoms with E-state index in [0.717, 1.165) is 16.0 Å². The predicted molar refractivity (Wildman–Crippen MR) is 129 cm³/mol. The number of carbonyl (C=O) groups excluding carboxylic acids is 2. The summed E-state index contributed by atoms with van der Waals surface area (Å²) < 4.78 is 0. The van der Waals surface area contributed by atoms with Gasteiger partial charge in [0, 0.05) is 26.2 Å². The second-order valence-corrected chi connectivity index (χ2v) is 9.95. The average molecular weight is 502 g/mol. The highest BCUT2D eigenvalue weighted by atomic mass is 35.5. The molecule has 0 aliphatic carbocycles. The molecule has 2 N–H and O–H groups in total. The van der Waals surface area contributed by atoms with Crippen LogP contribution >= 0.6 is 34.5 Å². The van der Waals surface area contributed by atoms with Gasteiger partial charge >= 0.3 is 0 Å². The number of thiophene rings is 1. The van der Waals surface area contributed by atoms with Crippen molar-refractivity contribution in [1.82, 2.24) is 10.4 Å². The van der Waals surface area contributed by atoms with E-state index in [1.54, 1.807) is 23.1 Å². The average Bonchev–Trinajstić information content (AvgIpc) is 3.42.